The van der Waals surface area contributed by atoms with Gasteiger partial charge in [0.15, 0.2) is 0 Å². The molecule has 0 atom stereocenters. The van der Waals surface area contributed by atoms with Crippen LogP contribution in [0.1, 0.15) is 15.9 Å². The second kappa shape index (κ2) is 7.26. The van der Waals surface area contributed by atoms with Crippen molar-refractivity contribution < 1.29 is 7.61 Å². The van der Waals surface area contributed by atoms with E-state index in [1.807, 2.05) is 55.5 Å². The molecule has 4 rings (SSSR count). The molecule has 0 aliphatic rings. The topological polar surface area (TPSA) is 43.4 Å². The second-order valence-electron chi connectivity index (χ2n) is 5.95. The Morgan fingerprint density at radius 1 is 0.923 bits per heavy atom. The van der Waals surface area contributed by atoms with E-state index < -0.39 is 23.7 Å². The molecule has 0 aliphatic heterocycles. The summed E-state index contributed by atoms with van der Waals surface area (Å²) in [6.45, 7) is 1.98. The monoisotopic (exact) mass is 555 g/mol. The molecule has 0 bridgehead atoms. The van der Waals surface area contributed by atoms with Gasteiger partial charge in [-0.15, -0.1) is 0 Å². The molecule has 4 aromatic rings. The van der Waals surface area contributed by atoms with Gasteiger partial charge in [-0.25, -0.2) is 0 Å². The van der Waals surface area contributed by atoms with Gasteiger partial charge in [-0.2, -0.15) is 0 Å². The van der Waals surface area contributed by atoms with Gasteiger partial charge in [0.25, 0.3) is 0 Å². The zero-order chi connectivity index (χ0) is 18.1. The van der Waals surface area contributed by atoms with Gasteiger partial charge >= 0.3 is 167 Å². The normalized spacial score (nSPS) is 11.0. The van der Waals surface area contributed by atoms with Gasteiger partial charge in [-0.05, 0) is 0 Å². The summed E-state index contributed by atoms with van der Waals surface area (Å²) in [6, 6.07) is 20.9. The fourth-order valence-electron chi connectivity index (χ4n) is 2.73. The molecule has 0 amide bonds. The molecule has 5 heteroatoms. The van der Waals surface area contributed by atoms with E-state index in [9.17, 15) is 9.59 Å². The Bertz CT molecular complexity index is 1180. The van der Waals surface area contributed by atoms with E-state index >= 15 is 0 Å². The van der Waals surface area contributed by atoms with Crippen LogP contribution in [-0.2, 0) is 2.81 Å². The minimum absolute atomic E-state index is 0.0128. The first-order valence-corrected chi connectivity index (χ1v) is 12.0. The predicted octanol–water partition coefficient (Wildman–Crippen LogP) is 3.82. The van der Waals surface area contributed by atoms with E-state index in [1.165, 1.54) is 11.3 Å². The van der Waals surface area contributed by atoms with Crippen LogP contribution < -0.4 is 8.70 Å². The summed E-state index contributed by atoms with van der Waals surface area (Å²) in [5.74, 6) is -0.309. The second-order valence-corrected chi connectivity index (χ2v) is 10.5. The van der Waals surface area contributed by atoms with Crippen molar-refractivity contribution in [3.8, 4) is 0 Å². The number of carbonyl (C=O) groups excluding carboxylic acids is 1. The number of fused-ring (bicyclic) bond motifs is 2. The third-order valence-corrected chi connectivity index (χ3v) is 8.16. The Kier molecular flexibility index (Phi) is 4.84. The summed E-state index contributed by atoms with van der Waals surface area (Å²) in [5.41, 5.74) is 1.58. The summed E-state index contributed by atoms with van der Waals surface area (Å²) in [5, 5.41) is 1.38. The van der Waals surface area contributed by atoms with Gasteiger partial charge in [0.1, 0.15) is 0 Å². The van der Waals surface area contributed by atoms with Crippen molar-refractivity contribution in [1.29, 1.82) is 0 Å². The van der Waals surface area contributed by atoms with Crippen molar-refractivity contribution in [2.75, 3.05) is 0 Å². The third kappa shape index (κ3) is 3.42. The van der Waals surface area contributed by atoms with Gasteiger partial charge in [0.05, 0.1) is 0 Å². The Balaban J connectivity index is 1.68. The van der Waals surface area contributed by atoms with Crippen LogP contribution in [0.25, 0.3) is 20.2 Å². The zero-order valence-electron chi connectivity index (χ0n) is 13.9. The Labute approximate surface area is 166 Å². The summed E-state index contributed by atoms with van der Waals surface area (Å²) < 4.78 is 8.43. The van der Waals surface area contributed by atoms with Gasteiger partial charge in [-0.3, -0.25) is 0 Å². The van der Waals surface area contributed by atoms with Crippen LogP contribution >= 0.6 is 11.3 Å². The molecule has 0 unspecified atom stereocenters. The van der Waals surface area contributed by atoms with Crippen molar-refractivity contribution in [3.63, 3.8) is 0 Å². The number of aryl methyl sites for hydroxylation is 1. The first kappa shape index (κ1) is 17.3. The van der Waals surface area contributed by atoms with E-state index in [0.717, 1.165) is 23.6 Å². The van der Waals surface area contributed by atoms with E-state index in [4.69, 9.17) is 2.81 Å². The number of rotatable bonds is 3. The molecule has 0 aliphatic carbocycles. The van der Waals surface area contributed by atoms with Crippen LogP contribution in [-0.4, -0.2) is 29.6 Å². The molecule has 3 nitrogen and oxygen atoms in total. The molecule has 0 saturated carbocycles. The van der Waals surface area contributed by atoms with Crippen molar-refractivity contribution in [1.82, 2.24) is 0 Å². The van der Waals surface area contributed by atoms with E-state index in [2.05, 4.69) is 0 Å². The molecule has 3 aromatic carbocycles. The Morgan fingerprint density at radius 3 is 2.54 bits per heavy atom. The third-order valence-electron chi connectivity index (χ3n) is 4.05. The first-order chi connectivity index (χ1) is 12.6. The number of carbonyl (C=O) groups is 1. The minimum atomic E-state index is -1.51. The number of hydrogen-bond acceptors (Lipinski definition) is 4. The van der Waals surface area contributed by atoms with Crippen molar-refractivity contribution in [2.24, 2.45) is 0 Å². The van der Waals surface area contributed by atoms with Crippen molar-refractivity contribution >= 4 is 64.4 Å². The summed E-state index contributed by atoms with van der Waals surface area (Å²) in [7, 11) is 0. The molecule has 127 valence electrons. The molecule has 0 saturated heterocycles. The van der Waals surface area contributed by atoms with Crippen LogP contribution in [0.5, 0.6) is 0 Å². The van der Waals surface area contributed by atoms with Gasteiger partial charge in [0, 0.05) is 0 Å². The maximum absolute atomic E-state index is 12.7. The molecular weight excluding hydrogens is 541 g/mol. The van der Waals surface area contributed by atoms with Crippen LogP contribution in [0.2, 0.25) is 0 Å². The van der Waals surface area contributed by atoms with Crippen LogP contribution in [0.4, 0.5) is 0 Å². The maximum atomic E-state index is 12.7. The molecule has 1 radical (unpaired) electrons. The van der Waals surface area contributed by atoms with Crippen LogP contribution in [0, 0.1) is 6.92 Å². The average Bonchev–Trinajstić information content (AvgIpc) is 2.67. The molecule has 1 heterocycles. The Hall–Kier alpha value is -2.10. The van der Waals surface area contributed by atoms with Gasteiger partial charge < -0.3 is 0 Å². The van der Waals surface area contributed by atoms with Crippen molar-refractivity contribution in [2.45, 2.75) is 6.92 Å². The van der Waals surface area contributed by atoms with Gasteiger partial charge in [0.2, 0.25) is 0 Å². The SMILES string of the molecule is Cc1ccc2sc3cc(C(=O)[O][Bi][c]4ccccc4)ccc3c(=O)c2c1. The fraction of sp³-hybridized carbons (Fsp3) is 0.0476. The predicted molar refractivity (Wildman–Crippen MR) is 108 cm³/mol. The molecule has 0 spiro atoms. The van der Waals surface area contributed by atoms with E-state index in [1.54, 1.807) is 18.2 Å². The molecular formula is C21H14BiO3S. The molecule has 0 N–H and O–H groups in total. The summed E-state index contributed by atoms with van der Waals surface area (Å²) >= 11 is 0.0186. The summed E-state index contributed by atoms with van der Waals surface area (Å²) in [6.07, 6.45) is 0. The average molecular weight is 555 g/mol. The molecule has 26 heavy (non-hydrogen) atoms. The number of benzene rings is 3. The summed E-state index contributed by atoms with van der Waals surface area (Å²) in [4.78, 5) is 25.1. The van der Waals surface area contributed by atoms with Gasteiger partial charge in [-0.1, -0.05) is 0 Å². The van der Waals surface area contributed by atoms with Crippen LogP contribution in [0.15, 0.2) is 71.5 Å². The van der Waals surface area contributed by atoms with E-state index in [0.29, 0.717) is 10.9 Å². The Morgan fingerprint density at radius 2 is 1.73 bits per heavy atom. The fourth-order valence-corrected chi connectivity index (χ4v) is 6.11. The molecule has 0 fully saturated rings. The standard InChI is InChI=1S/C15H10O3S.C6H5.Bi/c1-8-2-5-12-11(6-8)14(16)10-4-3-9(15(17)18)7-13(10)19-12;1-2-4-6-5-3-1;/h2-7H,1H3,(H,17,18);1-5H;/q;;+1/p-1. The quantitative estimate of drug-likeness (QED) is 0.285. The zero-order valence-corrected chi connectivity index (χ0v) is 18.2. The van der Waals surface area contributed by atoms with Crippen molar-refractivity contribution in [3.05, 3.63) is 88.1 Å². The first-order valence-electron chi connectivity index (χ1n) is 8.06. The van der Waals surface area contributed by atoms with Crippen LogP contribution in [0.3, 0.4) is 0 Å². The van der Waals surface area contributed by atoms with E-state index in [-0.39, 0.29) is 11.4 Å². The number of hydrogen-bond donors (Lipinski definition) is 0. The molecule has 1 aromatic heterocycles.